The Balaban J connectivity index is 1.57. The summed E-state index contributed by atoms with van der Waals surface area (Å²) >= 11 is 0. The molecule has 7 nitrogen and oxygen atoms in total. The second kappa shape index (κ2) is 9.75. The number of benzene rings is 2. The molecule has 1 heterocycles. The number of hydrogen-bond acceptors (Lipinski definition) is 6. The summed E-state index contributed by atoms with van der Waals surface area (Å²) in [5.41, 5.74) is 1.50. The SMILES string of the molecule is CCOc1c(COc2cccc(C(CC(=O)O)C3(C)CC3)c2)noc1-c1cc(OC)ccc1F. The molecule has 0 bridgehead atoms. The summed E-state index contributed by atoms with van der Waals surface area (Å²) in [5, 5.41) is 13.4. The van der Waals surface area contributed by atoms with E-state index in [0.29, 0.717) is 29.5 Å². The fraction of sp³-hybridized carbons (Fsp3) is 0.385. The van der Waals surface area contributed by atoms with Crippen molar-refractivity contribution in [1.82, 2.24) is 5.16 Å². The number of hydrogen-bond donors (Lipinski definition) is 1. The van der Waals surface area contributed by atoms with Gasteiger partial charge in [-0.15, -0.1) is 0 Å². The van der Waals surface area contributed by atoms with Crippen LogP contribution in [-0.4, -0.2) is 29.9 Å². The summed E-state index contributed by atoms with van der Waals surface area (Å²) in [6, 6.07) is 11.8. The van der Waals surface area contributed by atoms with E-state index in [0.717, 1.165) is 18.4 Å². The van der Waals surface area contributed by atoms with Gasteiger partial charge in [-0.05, 0) is 67.0 Å². The van der Waals surface area contributed by atoms with Crippen molar-refractivity contribution in [3.05, 3.63) is 59.5 Å². The fourth-order valence-electron chi connectivity index (χ4n) is 4.14. The lowest BCUT2D eigenvalue weighted by molar-refractivity contribution is -0.137. The highest BCUT2D eigenvalue weighted by Crippen LogP contribution is 2.57. The zero-order chi connectivity index (χ0) is 24.3. The highest BCUT2D eigenvalue weighted by atomic mass is 19.1. The van der Waals surface area contributed by atoms with E-state index in [1.54, 1.807) is 6.07 Å². The van der Waals surface area contributed by atoms with Crippen LogP contribution >= 0.6 is 0 Å². The Morgan fingerprint density at radius 2 is 2.00 bits per heavy atom. The smallest absolute Gasteiger partial charge is 0.303 e. The minimum atomic E-state index is -0.814. The second-order valence-electron chi connectivity index (χ2n) is 8.73. The summed E-state index contributed by atoms with van der Waals surface area (Å²) in [6.07, 6.45) is 2.10. The van der Waals surface area contributed by atoms with Crippen molar-refractivity contribution in [3.63, 3.8) is 0 Å². The Kier molecular flexibility index (Phi) is 6.77. The van der Waals surface area contributed by atoms with E-state index >= 15 is 0 Å². The first kappa shape index (κ1) is 23.6. The van der Waals surface area contributed by atoms with Crippen molar-refractivity contribution in [2.24, 2.45) is 5.41 Å². The van der Waals surface area contributed by atoms with Gasteiger partial charge in [0.25, 0.3) is 0 Å². The van der Waals surface area contributed by atoms with Gasteiger partial charge in [-0.2, -0.15) is 0 Å². The molecule has 34 heavy (non-hydrogen) atoms. The van der Waals surface area contributed by atoms with Crippen LogP contribution in [0.1, 0.15) is 50.3 Å². The third-order valence-corrected chi connectivity index (χ3v) is 6.32. The lowest BCUT2D eigenvalue weighted by Crippen LogP contribution is -2.15. The van der Waals surface area contributed by atoms with E-state index in [1.807, 2.05) is 25.1 Å². The Morgan fingerprint density at radius 1 is 1.21 bits per heavy atom. The maximum absolute atomic E-state index is 14.5. The standard InChI is InChI=1S/C26H28FNO6/c1-4-32-25-22(28-34-24(25)19-13-17(31-3)8-9-21(19)27)15-33-18-7-5-6-16(12-18)20(14-23(29)30)26(2)10-11-26/h5-9,12-13,20H,4,10-11,14-15H2,1-3H3,(H,29,30). The number of aliphatic carboxylic acids is 1. The Morgan fingerprint density at radius 3 is 2.68 bits per heavy atom. The minimum absolute atomic E-state index is 0.000969. The maximum atomic E-state index is 14.5. The normalized spacial score (nSPS) is 14.9. The number of carbonyl (C=O) groups is 1. The third-order valence-electron chi connectivity index (χ3n) is 6.32. The predicted molar refractivity (Wildman–Crippen MR) is 123 cm³/mol. The molecule has 1 aliphatic carbocycles. The van der Waals surface area contributed by atoms with E-state index < -0.39 is 11.8 Å². The molecular formula is C26H28FNO6. The summed E-state index contributed by atoms with van der Waals surface area (Å²) in [6.45, 7) is 4.30. The van der Waals surface area contributed by atoms with Gasteiger partial charge in [-0.1, -0.05) is 24.2 Å². The molecule has 0 spiro atoms. The van der Waals surface area contributed by atoms with Gasteiger partial charge in [0, 0.05) is 0 Å². The molecule has 1 aliphatic rings. The number of carboxylic acids is 1. The largest absolute Gasteiger partial charge is 0.497 e. The van der Waals surface area contributed by atoms with Crippen molar-refractivity contribution in [1.29, 1.82) is 0 Å². The highest BCUT2D eigenvalue weighted by molar-refractivity contribution is 5.69. The van der Waals surface area contributed by atoms with Crippen LogP contribution in [0.25, 0.3) is 11.3 Å². The number of halogens is 1. The van der Waals surface area contributed by atoms with Gasteiger partial charge in [-0.25, -0.2) is 4.39 Å². The highest BCUT2D eigenvalue weighted by Gasteiger charge is 2.46. The molecule has 2 aromatic carbocycles. The molecule has 1 fully saturated rings. The zero-order valence-corrected chi connectivity index (χ0v) is 19.5. The van der Waals surface area contributed by atoms with Crippen molar-refractivity contribution >= 4 is 5.97 Å². The lowest BCUT2D eigenvalue weighted by atomic mass is 9.82. The van der Waals surface area contributed by atoms with Crippen LogP contribution in [0, 0.1) is 11.2 Å². The number of methoxy groups -OCH3 is 1. The van der Waals surface area contributed by atoms with Crippen LogP contribution in [0.15, 0.2) is 47.0 Å². The number of rotatable bonds is 11. The van der Waals surface area contributed by atoms with Gasteiger partial charge in [0.15, 0.2) is 11.4 Å². The van der Waals surface area contributed by atoms with Gasteiger partial charge in [0.05, 0.1) is 25.7 Å². The molecule has 0 aliphatic heterocycles. The van der Waals surface area contributed by atoms with Crippen molar-refractivity contribution in [2.45, 2.75) is 45.6 Å². The van der Waals surface area contributed by atoms with E-state index in [1.165, 1.54) is 25.3 Å². The number of carboxylic acid groups (broad SMARTS) is 1. The van der Waals surface area contributed by atoms with E-state index in [-0.39, 0.29) is 35.7 Å². The van der Waals surface area contributed by atoms with Crippen molar-refractivity contribution in [3.8, 4) is 28.6 Å². The molecule has 1 saturated carbocycles. The van der Waals surface area contributed by atoms with Crippen molar-refractivity contribution in [2.75, 3.05) is 13.7 Å². The molecule has 0 saturated heterocycles. The molecule has 180 valence electrons. The van der Waals surface area contributed by atoms with Gasteiger partial charge in [-0.3, -0.25) is 4.79 Å². The first-order valence-electron chi connectivity index (χ1n) is 11.2. The molecular weight excluding hydrogens is 441 g/mol. The average Bonchev–Trinajstić information content (AvgIpc) is 3.45. The third kappa shape index (κ3) is 5.00. The van der Waals surface area contributed by atoms with Crippen LogP contribution in [0.3, 0.4) is 0 Å². The maximum Gasteiger partial charge on any atom is 0.303 e. The number of ether oxygens (including phenoxy) is 3. The Hall–Kier alpha value is -3.55. The van der Waals surface area contributed by atoms with Gasteiger partial charge >= 0.3 is 5.97 Å². The van der Waals surface area contributed by atoms with E-state index in [2.05, 4.69) is 12.1 Å². The molecule has 8 heteroatoms. The molecule has 1 N–H and O–H groups in total. The summed E-state index contributed by atoms with van der Waals surface area (Å²) < 4.78 is 36.8. The minimum Gasteiger partial charge on any atom is -0.497 e. The number of aromatic nitrogens is 1. The second-order valence-corrected chi connectivity index (χ2v) is 8.73. The summed E-state index contributed by atoms with van der Waals surface area (Å²) in [4.78, 5) is 11.4. The molecule has 1 atom stereocenters. The first-order chi connectivity index (χ1) is 16.3. The Labute approximate surface area is 197 Å². The van der Waals surface area contributed by atoms with Crippen LogP contribution in [0.5, 0.6) is 17.2 Å². The molecule has 1 unspecified atom stereocenters. The molecule has 0 amide bonds. The molecule has 1 aromatic heterocycles. The first-order valence-corrected chi connectivity index (χ1v) is 11.2. The molecule has 0 radical (unpaired) electrons. The zero-order valence-electron chi connectivity index (χ0n) is 19.5. The van der Waals surface area contributed by atoms with Crippen LogP contribution < -0.4 is 14.2 Å². The van der Waals surface area contributed by atoms with Gasteiger partial charge in [0.2, 0.25) is 5.76 Å². The van der Waals surface area contributed by atoms with Gasteiger partial charge < -0.3 is 23.8 Å². The van der Waals surface area contributed by atoms with Gasteiger partial charge in [0.1, 0.15) is 23.9 Å². The van der Waals surface area contributed by atoms with Crippen LogP contribution in [-0.2, 0) is 11.4 Å². The monoisotopic (exact) mass is 469 g/mol. The fourth-order valence-corrected chi connectivity index (χ4v) is 4.14. The lowest BCUT2D eigenvalue weighted by Gasteiger charge is -2.23. The number of nitrogens with zero attached hydrogens (tertiary/aromatic N) is 1. The predicted octanol–water partition coefficient (Wildman–Crippen LogP) is 5.83. The molecule has 4 rings (SSSR count). The quantitative estimate of drug-likeness (QED) is 0.378. The summed E-state index contributed by atoms with van der Waals surface area (Å²) in [5.74, 6) is 0.139. The Bertz CT molecular complexity index is 1170. The van der Waals surface area contributed by atoms with E-state index in [4.69, 9.17) is 18.7 Å². The molecule has 3 aromatic rings. The average molecular weight is 470 g/mol. The topological polar surface area (TPSA) is 91.0 Å². The van der Waals surface area contributed by atoms with Crippen LogP contribution in [0.4, 0.5) is 4.39 Å². The van der Waals surface area contributed by atoms with Crippen molar-refractivity contribution < 1.29 is 33.0 Å². The summed E-state index contributed by atoms with van der Waals surface area (Å²) in [7, 11) is 1.50. The van der Waals surface area contributed by atoms with Crippen LogP contribution in [0.2, 0.25) is 0 Å². The van der Waals surface area contributed by atoms with E-state index in [9.17, 15) is 14.3 Å².